The minimum atomic E-state index is -4.17. The number of fused-ring (bicyclic) bond motifs is 4. The van der Waals surface area contributed by atoms with Crippen LogP contribution in [0.5, 0.6) is 0 Å². The van der Waals surface area contributed by atoms with Crippen LogP contribution in [-0.4, -0.2) is 28.6 Å². The molecule has 3 atom stereocenters. The van der Waals surface area contributed by atoms with E-state index in [0.29, 0.717) is 16.9 Å². The van der Waals surface area contributed by atoms with Crippen LogP contribution in [0.4, 0.5) is 0 Å². The SMILES string of the molecule is CC1(C)[C@@H]2CC[C@@]1(CS(=O)(=O)N=P(c1ccco1)(c1ccco1)c1ccc3ccccc3c1-c1cccc3ccccc13)[C@H](O[Si](C)(C)C(C)(C)C)C2. The smallest absolute Gasteiger partial charge is 0.253 e. The zero-order valence-corrected chi connectivity index (χ0v) is 34.5. The van der Waals surface area contributed by atoms with Gasteiger partial charge in [0.15, 0.2) is 19.3 Å². The van der Waals surface area contributed by atoms with Gasteiger partial charge < -0.3 is 13.3 Å². The molecule has 0 radical (unpaired) electrons. The molecule has 9 heteroatoms. The van der Waals surface area contributed by atoms with Gasteiger partial charge in [-0.1, -0.05) is 113 Å². The first kappa shape index (κ1) is 36.3. The summed E-state index contributed by atoms with van der Waals surface area (Å²) in [5.74, 6) is 0.295. The molecule has 2 aromatic heterocycles. The van der Waals surface area contributed by atoms with Crippen molar-refractivity contribution in [3.8, 4) is 11.1 Å². The number of furan rings is 2. The van der Waals surface area contributed by atoms with Crippen LogP contribution in [0, 0.1) is 16.7 Å². The summed E-state index contributed by atoms with van der Waals surface area (Å²) in [5, 5.41) is 5.00. The molecule has 53 heavy (non-hydrogen) atoms. The Morgan fingerprint density at radius 3 is 2.02 bits per heavy atom. The summed E-state index contributed by atoms with van der Waals surface area (Å²) in [5.41, 5.74) is 2.07. The van der Waals surface area contributed by atoms with E-state index in [9.17, 15) is 0 Å². The van der Waals surface area contributed by atoms with E-state index in [2.05, 4.69) is 102 Å². The third kappa shape index (κ3) is 5.75. The molecule has 0 unspecified atom stereocenters. The average molecular weight is 764 g/mol. The van der Waals surface area contributed by atoms with Gasteiger partial charge in [0.25, 0.3) is 10.0 Å². The molecule has 0 amide bonds. The van der Waals surface area contributed by atoms with Gasteiger partial charge in [0, 0.05) is 16.3 Å². The largest absolute Gasteiger partial charge is 0.462 e. The number of rotatable bonds is 9. The van der Waals surface area contributed by atoms with Crippen molar-refractivity contribution in [3.05, 3.63) is 116 Å². The van der Waals surface area contributed by atoms with Crippen molar-refractivity contribution in [1.82, 2.24) is 0 Å². The number of benzene rings is 4. The Balaban J connectivity index is 1.42. The van der Waals surface area contributed by atoms with Gasteiger partial charge in [0.1, 0.15) is 7.05 Å². The molecule has 2 aliphatic carbocycles. The number of nitrogens with zero attached hydrogens (tertiary/aromatic N) is 1. The highest BCUT2D eigenvalue weighted by Crippen LogP contribution is 2.68. The van der Waals surface area contributed by atoms with Crippen molar-refractivity contribution in [2.24, 2.45) is 20.9 Å². The molecular weight excluding hydrogens is 714 g/mol. The van der Waals surface area contributed by atoms with Crippen molar-refractivity contribution < 1.29 is 21.7 Å². The van der Waals surface area contributed by atoms with Crippen LogP contribution in [0.25, 0.3) is 32.7 Å². The Morgan fingerprint density at radius 2 is 1.42 bits per heavy atom. The molecule has 0 saturated heterocycles. The average Bonchev–Trinajstić information content (AvgIpc) is 3.92. The number of sulfonamides is 1. The lowest BCUT2D eigenvalue weighted by atomic mass is 9.70. The van der Waals surface area contributed by atoms with Gasteiger partial charge in [-0.15, -0.1) is 0 Å². The summed E-state index contributed by atoms with van der Waals surface area (Å²) < 4.78 is 55.9. The van der Waals surface area contributed by atoms with E-state index < -0.39 is 30.8 Å². The third-order valence-corrected chi connectivity index (χ3v) is 23.4. The Bertz CT molecular complexity index is 2440. The molecule has 6 nitrogen and oxygen atoms in total. The van der Waals surface area contributed by atoms with Crippen LogP contribution in [0.3, 0.4) is 0 Å². The summed E-state index contributed by atoms with van der Waals surface area (Å²) in [6.07, 6.45) is 5.72. The van der Waals surface area contributed by atoms with E-state index in [1.54, 1.807) is 12.5 Å². The zero-order chi connectivity index (χ0) is 37.4. The highest BCUT2D eigenvalue weighted by atomic mass is 32.2. The van der Waals surface area contributed by atoms with E-state index in [1.807, 2.05) is 48.5 Å². The summed E-state index contributed by atoms with van der Waals surface area (Å²) in [7, 11) is -9.89. The topological polar surface area (TPSA) is 82.0 Å². The van der Waals surface area contributed by atoms with E-state index in [-0.39, 0.29) is 22.3 Å². The second-order valence-corrected chi connectivity index (χ2v) is 26.8. The van der Waals surface area contributed by atoms with Gasteiger partial charge >= 0.3 is 0 Å². The van der Waals surface area contributed by atoms with E-state index in [1.165, 1.54) is 0 Å². The molecule has 4 aromatic carbocycles. The van der Waals surface area contributed by atoms with Crippen LogP contribution in [0.2, 0.25) is 18.1 Å². The first-order valence-electron chi connectivity index (χ1n) is 18.7. The molecule has 2 saturated carbocycles. The van der Waals surface area contributed by atoms with E-state index in [4.69, 9.17) is 17.4 Å². The molecule has 276 valence electrons. The molecular formula is C44H50NO5PSSi. The second kappa shape index (κ2) is 12.7. The van der Waals surface area contributed by atoms with Gasteiger partial charge in [0.2, 0.25) is 0 Å². The Labute approximate surface area is 315 Å². The molecule has 2 heterocycles. The molecule has 2 aliphatic rings. The van der Waals surface area contributed by atoms with Gasteiger partial charge in [-0.05, 0) is 100 Å². The highest BCUT2D eigenvalue weighted by Gasteiger charge is 2.67. The van der Waals surface area contributed by atoms with Crippen LogP contribution in [0.15, 0.2) is 129 Å². The lowest BCUT2D eigenvalue weighted by Gasteiger charge is -2.47. The first-order valence-corrected chi connectivity index (χ1v) is 25.0. The summed E-state index contributed by atoms with van der Waals surface area (Å²) in [4.78, 5) is 0. The Kier molecular flexibility index (Phi) is 8.69. The maximum atomic E-state index is 15.4. The lowest BCUT2D eigenvalue weighted by Crippen LogP contribution is -2.52. The van der Waals surface area contributed by atoms with Crippen LogP contribution >= 0.6 is 7.05 Å². The fourth-order valence-electron chi connectivity index (χ4n) is 9.21. The van der Waals surface area contributed by atoms with Gasteiger partial charge in [-0.3, -0.25) is 0 Å². The van der Waals surface area contributed by atoms with Crippen LogP contribution in [-0.2, 0) is 14.4 Å². The molecule has 2 fully saturated rings. The van der Waals surface area contributed by atoms with Crippen LogP contribution < -0.4 is 16.3 Å². The van der Waals surface area contributed by atoms with Crippen molar-refractivity contribution in [2.75, 3.05) is 5.75 Å². The van der Waals surface area contributed by atoms with Gasteiger partial charge in [0.05, 0.1) is 24.4 Å². The van der Waals surface area contributed by atoms with Gasteiger partial charge in [-0.25, -0.2) is 8.42 Å². The Hall–Kier alpha value is -3.68. The normalized spacial score (nSPS) is 21.8. The number of hydrogen-bond donors (Lipinski definition) is 0. The quantitative estimate of drug-likeness (QED) is 0.108. The van der Waals surface area contributed by atoms with Crippen molar-refractivity contribution in [1.29, 1.82) is 0 Å². The predicted octanol–water partition coefficient (Wildman–Crippen LogP) is 10.9. The van der Waals surface area contributed by atoms with Crippen LogP contribution in [0.1, 0.15) is 53.9 Å². The minimum absolute atomic E-state index is 0.00320. The third-order valence-electron chi connectivity index (χ3n) is 13.3. The molecule has 8 rings (SSSR count). The Morgan fingerprint density at radius 1 is 0.811 bits per heavy atom. The zero-order valence-electron chi connectivity index (χ0n) is 31.8. The van der Waals surface area contributed by atoms with Crippen molar-refractivity contribution >= 4 is 63.2 Å². The monoisotopic (exact) mass is 763 g/mol. The van der Waals surface area contributed by atoms with Crippen molar-refractivity contribution in [3.63, 3.8) is 0 Å². The molecule has 2 bridgehead atoms. The summed E-state index contributed by atoms with van der Waals surface area (Å²) in [6.45, 7) is 15.8. The summed E-state index contributed by atoms with van der Waals surface area (Å²) in [6, 6.07) is 34.4. The standard InChI is InChI=1S/C44H50NO5PSSi/c1-42(2,3)53(6,7)50-38-29-33-25-26-44(38,43(33,4)5)30-52(46,47)45-51(39-21-13-27-48-39,40-22-14-28-49-40)37-24-23-32-16-9-11-19-35(32)41(37)36-20-12-17-31-15-8-10-18-34(31)36/h8-24,27-28,33,38H,25-26,29-30H2,1-7H3/t33-,38-,44-/m1/s1. The molecule has 0 aliphatic heterocycles. The fourth-order valence-corrected chi connectivity index (χ4v) is 17.3. The second-order valence-electron chi connectivity index (χ2n) is 17.3. The van der Waals surface area contributed by atoms with E-state index >= 15 is 8.42 Å². The maximum absolute atomic E-state index is 15.4. The molecule has 0 N–H and O–H groups in total. The van der Waals surface area contributed by atoms with E-state index in [0.717, 1.165) is 57.2 Å². The molecule has 0 spiro atoms. The lowest BCUT2D eigenvalue weighted by molar-refractivity contribution is 0.0237. The minimum Gasteiger partial charge on any atom is -0.462 e. The molecule has 6 aromatic rings. The predicted molar refractivity (Wildman–Crippen MR) is 222 cm³/mol. The number of hydrogen-bond acceptors (Lipinski definition) is 5. The fraction of sp³-hybridized carbons (Fsp3) is 0.364. The summed E-state index contributed by atoms with van der Waals surface area (Å²) >= 11 is 0. The maximum Gasteiger partial charge on any atom is 0.253 e. The highest BCUT2D eigenvalue weighted by molar-refractivity contribution is 7.99. The van der Waals surface area contributed by atoms with Gasteiger partial charge in [-0.2, -0.15) is 4.15 Å². The first-order chi connectivity index (χ1) is 25.1. The van der Waals surface area contributed by atoms with Crippen molar-refractivity contribution in [2.45, 2.75) is 78.1 Å².